The predicted molar refractivity (Wildman–Crippen MR) is 148 cm³/mol. The molecule has 4 aromatic rings. The van der Waals surface area contributed by atoms with Crippen LogP contribution in [0.25, 0.3) is 12.2 Å². The smallest absolute Gasteiger partial charge is 0.227 e. The van der Waals surface area contributed by atoms with Crippen LogP contribution in [0, 0.1) is 11.6 Å². The zero-order chi connectivity index (χ0) is 31.4. The highest BCUT2D eigenvalue weighted by molar-refractivity contribution is 7.92. The fraction of sp³-hybridized carbons (Fsp3) is 0.125. The Morgan fingerprint density at radius 1 is 0.512 bits per heavy atom. The molecule has 0 amide bonds. The van der Waals surface area contributed by atoms with Crippen LogP contribution in [0.1, 0.15) is 43.9 Å². The second kappa shape index (κ2) is 12.5. The van der Waals surface area contributed by atoms with Crippen molar-refractivity contribution < 1.29 is 43.5 Å². The van der Waals surface area contributed by atoms with Gasteiger partial charge in [0.05, 0.1) is 11.1 Å². The molecule has 0 spiro atoms. The van der Waals surface area contributed by atoms with Crippen LogP contribution >= 0.6 is 0 Å². The van der Waals surface area contributed by atoms with Gasteiger partial charge in [0.2, 0.25) is 0 Å². The quantitative estimate of drug-likeness (QED) is 0.184. The molecular formula is C32H22F8O2S. The van der Waals surface area contributed by atoms with Gasteiger partial charge in [-0.05, 0) is 58.7 Å². The molecule has 0 saturated heterocycles. The van der Waals surface area contributed by atoms with Crippen LogP contribution < -0.4 is 0 Å². The highest BCUT2D eigenvalue weighted by Gasteiger charge is 2.36. The van der Waals surface area contributed by atoms with Crippen molar-refractivity contribution in [3.63, 3.8) is 0 Å². The maximum Gasteiger partial charge on any atom is 0.416 e. The normalized spacial score (nSPS) is 14.3. The van der Waals surface area contributed by atoms with Crippen LogP contribution in [-0.2, 0) is 22.2 Å². The summed E-state index contributed by atoms with van der Waals surface area (Å²) in [7, 11) is -4.61. The van der Waals surface area contributed by atoms with Crippen LogP contribution in [0.4, 0.5) is 35.1 Å². The van der Waals surface area contributed by atoms with E-state index in [1.54, 1.807) is 0 Å². The van der Waals surface area contributed by atoms with E-state index in [-0.39, 0.29) is 22.3 Å². The van der Waals surface area contributed by atoms with Gasteiger partial charge < -0.3 is 0 Å². The van der Waals surface area contributed by atoms with Crippen molar-refractivity contribution in [1.29, 1.82) is 0 Å². The molecule has 0 aliphatic heterocycles. The van der Waals surface area contributed by atoms with E-state index in [1.807, 2.05) is 0 Å². The topological polar surface area (TPSA) is 34.1 Å². The lowest BCUT2D eigenvalue weighted by Crippen LogP contribution is -2.19. The third kappa shape index (κ3) is 7.59. The fourth-order valence-corrected chi connectivity index (χ4v) is 6.45. The van der Waals surface area contributed by atoms with Gasteiger partial charge >= 0.3 is 12.4 Å². The summed E-state index contributed by atoms with van der Waals surface area (Å²) in [4.78, 5) is 0. The number of sulfone groups is 1. The van der Waals surface area contributed by atoms with Gasteiger partial charge in [-0.1, -0.05) is 85.0 Å². The van der Waals surface area contributed by atoms with E-state index in [9.17, 15) is 43.5 Å². The highest BCUT2D eigenvalue weighted by atomic mass is 32.2. The van der Waals surface area contributed by atoms with Crippen molar-refractivity contribution in [3.05, 3.63) is 154 Å². The minimum Gasteiger partial charge on any atom is -0.227 e. The molecule has 2 atom stereocenters. The standard InChI is InChI=1S/C32H22F8O2S/c33-25-15-9-23(10-16-25)29(19-13-21-5-1-3-7-27(21)31(35,36)37)43(41,42)30(24-11-17-26(34)18-12-24)20-14-22-6-2-4-8-28(22)32(38,39)40/h1-20,29-30H. The van der Waals surface area contributed by atoms with E-state index >= 15 is 0 Å². The number of benzene rings is 4. The molecule has 0 aliphatic carbocycles. The van der Waals surface area contributed by atoms with E-state index in [0.717, 1.165) is 97.1 Å². The summed E-state index contributed by atoms with van der Waals surface area (Å²) in [6, 6.07) is 17.4. The Hall–Kier alpha value is -4.25. The number of alkyl halides is 6. The minimum absolute atomic E-state index is 0.0154. The summed E-state index contributed by atoms with van der Waals surface area (Å²) < 4.78 is 138. The van der Waals surface area contributed by atoms with Gasteiger partial charge in [0.15, 0.2) is 9.84 Å². The molecule has 0 aromatic heterocycles. The molecule has 0 radical (unpaired) electrons. The van der Waals surface area contributed by atoms with Crippen molar-refractivity contribution in [1.82, 2.24) is 0 Å². The molecule has 2 nitrogen and oxygen atoms in total. The maximum atomic E-state index is 14.3. The zero-order valence-corrected chi connectivity index (χ0v) is 22.8. The van der Waals surface area contributed by atoms with E-state index in [1.165, 1.54) is 24.3 Å². The van der Waals surface area contributed by atoms with Gasteiger partial charge in [0.25, 0.3) is 0 Å². The largest absolute Gasteiger partial charge is 0.416 e. The van der Waals surface area contributed by atoms with Crippen LogP contribution in [0.2, 0.25) is 0 Å². The average molecular weight is 623 g/mol. The molecule has 43 heavy (non-hydrogen) atoms. The van der Waals surface area contributed by atoms with Crippen molar-refractivity contribution >= 4 is 22.0 Å². The molecule has 11 heteroatoms. The van der Waals surface area contributed by atoms with Gasteiger partial charge in [-0.25, -0.2) is 17.2 Å². The Labute approximate surface area is 242 Å². The molecule has 0 N–H and O–H groups in total. The first-order valence-corrected chi connectivity index (χ1v) is 14.2. The summed E-state index contributed by atoms with van der Waals surface area (Å²) in [5.74, 6) is -1.41. The monoisotopic (exact) mass is 622 g/mol. The summed E-state index contributed by atoms with van der Waals surface area (Å²) in [6.07, 6.45) is -5.56. The van der Waals surface area contributed by atoms with E-state index in [0.29, 0.717) is 0 Å². The highest BCUT2D eigenvalue weighted by Crippen LogP contribution is 2.39. The van der Waals surface area contributed by atoms with E-state index < -0.39 is 55.5 Å². The molecule has 0 saturated carbocycles. The summed E-state index contributed by atoms with van der Waals surface area (Å²) in [5.41, 5.74) is -2.77. The second-order valence-corrected chi connectivity index (χ2v) is 11.6. The third-order valence-electron chi connectivity index (χ3n) is 6.54. The third-order valence-corrected chi connectivity index (χ3v) is 8.81. The molecule has 0 aliphatic rings. The van der Waals surface area contributed by atoms with Crippen molar-refractivity contribution in [2.75, 3.05) is 0 Å². The second-order valence-electron chi connectivity index (χ2n) is 9.42. The van der Waals surface area contributed by atoms with Crippen molar-refractivity contribution in [2.24, 2.45) is 0 Å². The Balaban J connectivity index is 1.89. The lowest BCUT2D eigenvalue weighted by molar-refractivity contribution is -0.138. The summed E-state index contributed by atoms with van der Waals surface area (Å²) >= 11 is 0. The first-order valence-electron chi connectivity index (χ1n) is 12.6. The van der Waals surface area contributed by atoms with Gasteiger partial charge in [-0.2, -0.15) is 26.3 Å². The number of hydrogen-bond acceptors (Lipinski definition) is 2. The molecule has 0 bridgehead atoms. The SMILES string of the molecule is O=S(=O)(C(C=Cc1ccccc1C(F)(F)F)c1ccc(F)cc1)C(C=Cc1ccccc1C(F)(F)F)c1ccc(F)cc1. The molecule has 2 unspecified atom stereocenters. The Kier molecular flexibility index (Phi) is 9.24. The average Bonchev–Trinajstić information content (AvgIpc) is 2.94. The van der Waals surface area contributed by atoms with Gasteiger partial charge in [-0.3, -0.25) is 0 Å². The predicted octanol–water partition coefficient (Wildman–Crippen LogP) is 9.63. The lowest BCUT2D eigenvalue weighted by atomic mass is 10.0. The van der Waals surface area contributed by atoms with Crippen LogP contribution in [0.5, 0.6) is 0 Å². The van der Waals surface area contributed by atoms with Crippen molar-refractivity contribution in [3.8, 4) is 0 Å². The van der Waals surface area contributed by atoms with E-state index in [4.69, 9.17) is 0 Å². The molecular weight excluding hydrogens is 600 g/mol. The molecule has 4 aromatic carbocycles. The molecule has 224 valence electrons. The van der Waals surface area contributed by atoms with Crippen molar-refractivity contribution in [2.45, 2.75) is 22.9 Å². The van der Waals surface area contributed by atoms with Gasteiger partial charge in [0, 0.05) is 0 Å². The zero-order valence-electron chi connectivity index (χ0n) is 22.0. The van der Waals surface area contributed by atoms with E-state index in [2.05, 4.69) is 0 Å². The molecule has 0 heterocycles. The van der Waals surface area contributed by atoms with Gasteiger partial charge in [0.1, 0.15) is 22.1 Å². The van der Waals surface area contributed by atoms with Crippen LogP contribution in [0.3, 0.4) is 0 Å². The summed E-state index contributed by atoms with van der Waals surface area (Å²) in [5, 5.41) is -3.38. The fourth-order valence-electron chi connectivity index (χ4n) is 4.47. The lowest BCUT2D eigenvalue weighted by Gasteiger charge is -2.22. The van der Waals surface area contributed by atoms with Gasteiger partial charge in [-0.15, -0.1) is 0 Å². The van der Waals surface area contributed by atoms with Crippen LogP contribution in [-0.4, -0.2) is 8.42 Å². The van der Waals surface area contributed by atoms with Crippen LogP contribution in [0.15, 0.2) is 109 Å². The maximum absolute atomic E-state index is 14.3. The number of halogens is 8. The first kappa shape index (κ1) is 31.7. The summed E-state index contributed by atoms with van der Waals surface area (Å²) in [6.45, 7) is 0. The molecule has 4 rings (SSSR count). The Morgan fingerprint density at radius 3 is 1.16 bits per heavy atom. The Bertz CT molecular complexity index is 1600. The number of hydrogen-bond donors (Lipinski definition) is 0. The first-order chi connectivity index (χ1) is 20.2. The molecule has 0 fully saturated rings. The number of rotatable bonds is 8. The minimum atomic E-state index is -4.75. The Morgan fingerprint density at radius 2 is 0.837 bits per heavy atom.